The lowest BCUT2D eigenvalue weighted by molar-refractivity contribution is -0.133. The Balaban J connectivity index is 2.10. The molecule has 0 saturated carbocycles. The number of thioether (sulfide) groups is 1. The molecule has 0 spiro atoms. The molecule has 5 nitrogen and oxygen atoms in total. The van der Waals surface area contributed by atoms with Crippen LogP contribution in [0.5, 0.6) is 0 Å². The van der Waals surface area contributed by atoms with Crippen molar-refractivity contribution in [3.05, 3.63) is 0 Å². The lowest BCUT2D eigenvalue weighted by Gasteiger charge is -2.20. The molecule has 1 aliphatic heterocycles. The van der Waals surface area contributed by atoms with Crippen molar-refractivity contribution in [3.63, 3.8) is 0 Å². The summed E-state index contributed by atoms with van der Waals surface area (Å²) in [7, 11) is 0. The summed E-state index contributed by atoms with van der Waals surface area (Å²) in [6.45, 7) is 7.22. The first-order valence-corrected chi connectivity index (χ1v) is 7.44. The van der Waals surface area contributed by atoms with Crippen LogP contribution in [-0.4, -0.2) is 59.1 Å². The van der Waals surface area contributed by atoms with Crippen LogP contribution in [0.2, 0.25) is 0 Å². The summed E-state index contributed by atoms with van der Waals surface area (Å²) in [5, 5.41) is 11.3. The SMILES string of the molecule is CC(C)N1CCC(CNC(=O)CSCC(=O)O)C1. The fourth-order valence-corrected chi connectivity index (χ4v) is 2.60. The minimum atomic E-state index is -0.879. The monoisotopic (exact) mass is 274 g/mol. The van der Waals surface area contributed by atoms with Crippen molar-refractivity contribution in [2.24, 2.45) is 5.92 Å². The van der Waals surface area contributed by atoms with Gasteiger partial charge in [-0.05, 0) is 32.7 Å². The summed E-state index contributed by atoms with van der Waals surface area (Å²) < 4.78 is 0. The van der Waals surface area contributed by atoms with Gasteiger partial charge in [-0.2, -0.15) is 0 Å². The standard InChI is InChI=1S/C12H22N2O3S/c1-9(2)14-4-3-10(6-14)5-13-11(15)7-18-8-12(16)17/h9-10H,3-8H2,1-2H3,(H,13,15)(H,16,17). The molecule has 6 heteroatoms. The summed E-state index contributed by atoms with van der Waals surface area (Å²) in [5.41, 5.74) is 0. The van der Waals surface area contributed by atoms with E-state index in [1.54, 1.807) is 0 Å². The normalized spacial score (nSPS) is 20.3. The van der Waals surface area contributed by atoms with E-state index in [0.717, 1.165) is 31.3 Å². The number of amides is 1. The Labute approximate surface area is 112 Å². The van der Waals surface area contributed by atoms with E-state index in [1.165, 1.54) is 0 Å². The maximum absolute atomic E-state index is 11.5. The Bertz CT molecular complexity index is 297. The van der Waals surface area contributed by atoms with Gasteiger partial charge < -0.3 is 15.3 Å². The van der Waals surface area contributed by atoms with Gasteiger partial charge in [0.25, 0.3) is 0 Å². The molecule has 1 rings (SSSR count). The minimum absolute atomic E-state index is 0.0159. The Morgan fingerprint density at radius 3 is 2.72 bits per heavy atom. The highest BCUT2D eigenvalue weighted by molar-refractivity contribution is 8.00. The summed E-state index contributed by atoms with van der Waals surface area (Å²) >= 11 is 1.14. The van der Waals surface area contributed by atoms with Crippen molar-refractivity contribution in [2.75, 3.05) is 31.1 Å². The van der Waals surface area contributed by atoms with Gasteiger partial charge in [-0.1, -0.05) is 0 Å². The molecular weight excluding hydrogens is 252 g/mol. The molecule has 1 fully saturated rings. The molecule has 0 radical (unpaired) electrons. The molecule has 104 valence electrons. The Kier molecular flexibility index (Phi) is 6.49. The van der Waals surface area contributed by atoms with E-state index in [1.807, 2.05) is 0 Å². The van der Waals surface area contributed by atoms with Gasteiger partial charge in [0.15, 0.2) is 0 Å². The molecule has 18 heavy (non-hydrogen) atoms. The molecule has 0 aromatic carbocycles. The summed E-state index contributed by atoms with van der Waals surface area (Å²) in [4.78, 5) is 24.2. The highest BCUT2D eigenvalue weighted by Crippen LogP contribution is 2.17. The first-order chi connectivity index (χ1) is 8.49. The first kappa shape index (κ1) is 15.3. The molecule has 1 amide bonds. The molecule has 0 aromatic heterocycles. The molecule has 0 bridgehead atoms. The van der Waals surface area contributed by atoms with Gasteiger partial charge in [0, 0.05) is 19.1 Å². The Morgan fingerprint density at radius 1 is 1.44 bits per heavy atom. The number of nitrogens with zero attached hydrogens (tertiary/aromatic N) is 1. The van der Waals surface area contributed by atoms with Crippen LogP contribution in [0, 0.1) is 5.92 Å². The van der Waals surface area contributed by atoms with Crippen LogP contribution in [0.15, 0.2) is 0 Å². The van der Waals surface area contributed by atoms with Crippen LogP contribution in [-0.2, 0) is 9.59 Å². The number of carboxylic acids is 1. The lowest BCUT2D eigenvalue weighted by Crippen LogP contribution is -2.33. The largest absolute Gasteiger partial charge is 0.481 e. The number of carbonyl (C=O) groups excluding carboxylic acids is 1. The highest BCUT2D eigenvalue weighted by atomic mass is 32.2. The maximum atomic E-state index is 11.5. The fourth-order valence-electron chi connectivity index (χ4n) is 2.04. The van der Waals surface area contributed by atoms with Crippen molar-refractivity contribution in [2.45, 2.75) is 26.3 Å². The molecule has 1 heterocycles. The van der Waals surface area contributed by atoms with Crippen LogP contribution in [0.25, 0.3) is 0 Å². The molecule has 0 aromatic rings. The van der Waals surface area contributed by atoms with Crippen molar-refractivity contribution in [3.8, 4) is 0 Å². The molecule has 2 N–H and O–H groups in total. The van der Waals surface area contributed by atoms with E-state index in [4.69, 9.17) is 5.11 Å². The molecule has 1 unspecified atom stereocenters. The predicted molar refractivity (Wildman–Crippen MR) is 72.8 cm³/mol. The smallest absolute Gasteiger partial charge is 0.313 e. The number of likely N-dealkylation sites (tertiary alicyclic amines) is 1. The summed E-state index contributed by atoms with van der Waals surface area (Å²) in [6, 6.07) is 0.567. The predicted octanol–water partition coefficient (Wildman–Crippen LogP) is 0.651. The second-order valence-electron chi connectivity index (χ2n) is 4.93. The average Bonchev–Trinajstić information content (AvgIpc) is 2.74. The quantitative estimate of drug-likeness (QED) is 0.713. The highest BCUT2D eigenvalue weighted by Gasteiger charge is 2.24. The molecular formula is C12H22N2O3S. The molecule has 1 atom stereocenters. The zero-order chi connectivity index (χ0) is 13.5. The minimum Gasteiger partial charge on any atom is -0.481 e. The molecule has 1 saturated heterocycles. The third kappa shape index (κ3) is 5.73. The van der Waals surface area contributed by atoms with Crippen molar-refractivity contribution < 1.29 is 14.7 Å². The number of hydrogen-bond acceptors (Lipinski definition) is 4. The number of carboxylic acid groups (broad SMARTS) is 1. The van der Waals surface area contributed by atoms with E-state index >= 15 is 0 Å². The van der Waals surface area contributed by atoms with E-state index in [2.05, 4.69) is 24.1 Å². The Hall–Kier alpha value is -0.750. The van der Waals surface area contributed by atoms with Gasteiger partial charge in [-0.15, -0.1) is 11.8 Å². The van der Waals surface area contributed by atoms with Crippen molar-refractivity contribution >= 4 is 23.6 Å². The average molecular weight is 274 g/mol. The van der Waals surface area contributed by atoms with Crippen LogP contribution in [0.1, 0.15) is 20.3 Å². The van der Waals surface area contributed by atoms with Gasteiger partial charge in [0.1, 0.15) is 0 Å². The van der Waals surface area contributed by atoms with Gasteiger partial charge in [-0.3, -0.25) is 9.59 Å². The third-order valence-electron chi connectivity index (χ3n) is 3.09. The van der Waals surface area contributed by atoms with Crippen LogP contribution in [0.4, 0.5) is 0 Å². The van der Waals surface area contributed by atoms with Crippen molar-refractivity contribution in [1.29, 1.82) is 0 Å². The maximum Gasteiger partial charge on any atom is 0.313 e. The zero-order valence-corrected chi connectivity index (χ0v) is 11.8. The van der Waals surface area contributed by atoms with E-state index in [-0.39, 0.29) is 17.4 Å². The van der Waals surface area contributed by atoms with Gasteiger partial charge >= 0.3 is 5.97 Å². The first-order valence-electron chi connectivity index (χ1n) is 6.29. The Morgan fingerprint density at radius 2 is 2.17 bits per heavy atom. The van der Waals surface area contributed by atoms with Gasteiger partial charge in [0.05, 0.1) is 11.5 Å². The molecule has 0 aliphatic carbocycles. The summed E-state index contributed by atoms with van der Waals surface area (Å²) in [5.74, 6) is -0.202. The van der Waals surface area contributed by atoms with Crippen LogP contribution < -0.4 is 5.32 Å². The number of aliphatic carboxylic acids is 1. The van der Waals surface area contributed by atoms with Gasteiger partial charge in [-0.25, -0.2) is 0 Å². The van der Waals surface area contributed by atoms with Crippen LogP contribution >= 0.6 is 11.8 Å². The number of carbonyl (C=O) groups is 2. The number of nitrogens with one attached hydrogen (secondary N) is 1. The fraction of sp³-hybridized carbons (Fsp3) is 0.833. The summed E-state index contributed by atoms with van der Waals surface area (Å²) in [6.07, 6.45) is 1.13. The second-order valence-corrected chi connectivity index (χ2v) is 5.92. The van der Waals surface area contributed by atoms with Gasteiger partial charge in [0.2, 0.25) is 5.91 Å². The van der Waals surface area contributed by atoms with E-state index in [0.29, 0.717) is 18.5 Å². The third-order valence-corrected chi connectivity index (χ3v) is 4.01. The molecule has 1 aliphatic rings. The van der Waals surface area contributed by atoms with E-state index in [9.17, 15) is 9.59 Å². The lowest BCUT2D eigenvalue weighted by atomic mass is 10.1. The van der Waals surface area contributed by atoms with Crippen molar-refractivity contribution in [1.82, 2.24) is 10.2 Å². The van der Waals surface area contributed by atoms with Crippen LogP contribution in [0.3, 0.4) is 0 Å². The number of hydrogen-bond donors (Lipinski definition) is 2. The zero-order valence-electron chi connectivity index (χ0n) is 11.0. The second kappa shape index (κ2) is 7.63. The van der Waals surface area contributed by atoms with E-state index < -0.39 is 5.97 Å². The number of rotatable bonds is 7. The topological polar surface area (TPSA) is 69.6 Å².